The second-order valence-electron chi connectivity index (χ2n) is 11.7. The molecule has 0 bridgehead atoms. The summed E-state index contributed by atoms with van der Waals surface area (Å²) in [4.78, 5) is 24.3. The molecule has 0 aliphatic rings. The Morgan fingerprint density at radius 3 is 2.24 bits per heavy atom. The van der Waals surface area contributed by atoms with Crippen LogP contribution in [0.5, 0.6) is 5.75 Å². The van der Waals surface area contributed by atoms with Crippen molar-refractivity contribution in [3.8, 4) is 11.5 Å². The summed E-state index contributed by atoms with van der Waals surface area (Å²) in [6, 6.07) is 14.5. The van der Waals surface area contributed by atoms with E-state index >= 15 is 0 Å². The average Bonchev–Trinajstić information content (AvgIpc) is 3.23. The van der Waals surface area contributed by atoms with E-state index in [-0.39, 0.29) is 11.8 Å². The molecular weight excluding hydrogens is 512 g/mol. The van der Waals surface area contributed by atoms with Crippen molar-refractivity contribution in [3.05, 3.63) is 64.7 Å². The Labute approximate surface area is 244 Å². The summed E-state index contributed by atoms with van der Waals surface area (Å²) in [5.74, 6) is 2.29. The number of amides is 2. The van der Waals surface area contributed by atoms with Crippen molar-refractivity contribution in [3.63, 3.8) is 0 Å². The van der Waals surface area contributed by atoms with Crippen LogP contribution in [-0.4, -0.2) is 18.9 Å². The summed E-state index contributed by atoms with van der Waals surface area (Å²) in [6.45, 7) is 12.8. The van der Waals surface area contributed by atoms with Crippen molar-refractivity contribution in [1.82, 2.24) is 5.32 Å². The number of hydrogen-bond donors (Lipinski definition) is 2. The topological polar surface area (TPSA) is 70.1 Å². The number of furan rings is 1. The molecule has 6 heteroatoms. The number of anilines is 1. The van der Waals surface area contributed by atoms with Crippen LogP contribution in [0.15, 0.2) is 46.5 Å². The lowest BCUT2D eigenvalue weighted by Crippen LogP contribution is -2.22. The first-order valence-corrected chi connectivity index (χ1v) is 14.8. The second kappa shape index (κ2) is 13.2. The number of methoxy groups -OCH3 is 1. The van der Waals surface area contributed by atoms with Crippen LogP contribution in [0.25, 0.3) is 27.7 Å². The highest BCUT2D eigenvalue weighted by Crippen LogP contribution is 2.45. The number of aryl methyl sites for hydroxylation is 3. The lowest BCUT2D eigenvalue weighted by molar-refractivity contribution is -0.121. The van der Waals surface area contributed by atoms with Crippen LogP contribution in [0.4, 0.5) is 5.69 Å². The zero-order chi connectivity index (χ0) is 29.7. The summed E-state index contributed by atoms with van der Waals surface area (Å²) in [6.07, 6.45) is 6.28. The molecule has 0 atom stereocenters. The number of rotatable bonds is 12. The third kappa shape index (κ3) is 7.10. The van der Waals surface area contributed by atoms with E-state index < -0.39 is 0 Å². The van der Waals surface area contributed by atoms with Gasteiger partial charge in [0.1, 0.15) is 0 Å². The van der Waals surface area contributed by atoms with Gasteiger partial charge in [-0.1, -0.05) is 39.5 Å². The van der Waals surface area contributed by atoms with Gasteiger partial charge in [0.25, 0.3) is 11.2 Å². The largest absolute Gasteiger partial charge is 0.495 e. The van der Waals surface area contributed by atoms with Crippen LogP contribution < -0.4 is 15.4 Å². The predicted octanol–water partition coefficient (Wildman–Crippen LogP) is 8.77. The standard InChI is InChI=1S/C35H44N2O4/c1-22(2)12-10-8-9-11-13-33(39)36-21-27-14-15-32(31(19-27)40-7)41-34-24(4)16-23(3)17-29(34)30-20-28(37-26(6)38)18-25(5)35(30)41/h14-20,22H,8-13,21H2,1-7H3,(H-,36,37,38,39)/p+1. The molecule has 1 heterocycles. The van der Waals surface area contributed by atoms with E-state index in [9.17, 15) is 9.59 Å². The van der Waals surface area contributed by atoms with E-state index in [1.807, 2.05) is 30.3 Å². The molecule has 6 nitrogen and oxygen atoms in total. The third-order valence-corrected chi connectivity index (χ3v) is 7.59. The normalized spacial score (nSPS) is 11.4. The van der Waals surface area contributed by atoms with Gasteiger partial charge in [-0.05, 0) is 80.6 Å². The lowest BCUT2D eigenvalue weighted by Gasteiger charge is -2.13. The molecule has 0 saturated carbocycles. The fourth-order valence-electron chi connectivity index (χ4n) is 5.74. The van der Waals surface area contributed by atoms with Gasteiger partial charge in [-0.2, -0.15) is 0 Å². The molecule has 4 aromatic rings. The molecule has 4 rings (SSSR count). The molecule has 2 N–H and O–H groups in total. The molecule has 41 heavy (non-hydrogen) atoms. The van der Waals surface area contributed by atoms with Crippen molar-refractivity contribution < 1.29 is 18.4 Å². The summed E-state index contributed by atoms with van der Waals surface area (Å²) in [5.41, 5.74) is 7.10. The highest BCUT2D eigenvalue weighted by atomic mass is 16.6. The monoisotopic (exact) mass is 557 g/mol. The number of hydrogen-bond acceptors (Lipinski definition) is 3. The highest BCUT2D eigenvalue weighted by molar-refractivity contribution is 6.10. The molecule has 0 aliphatic carbocycles. The number of carbonyl (C=O) groups excluding carboxylic acids is 2. The van der Waals surface area contributed by atoms with Gasteiger partial charge in [0.15, 0.2) is 0 Å². The molecule has 218 valence electrons. The van der Waals surface area contributed by atoms with Crippen LogP contribution in [0.3, 0.4) is 0 Å². The minimum atomic E-state index is -0.0986. The van der Waals surface area contributed by atoms with Crippen LogP contribution in [0, 0.1) is 26.7 Å². The van der Waals surface area contributed by atoms with E-state index in [1.165, 1.54) is 31.7 Å². The zero-order valence-electron chi connectivity index (χ0n) is 25.7. The van der Waals surface area contributed by atoms with Gasteiger partial charge in [-0.25, -0.2) is 0 Å². The Balaban J connectivity index is 1.62. The third-order valence-electron chi connectivity index (χ3n) is 7.59. The molecule has 0 saturated heterocycles. The molecule has 0 radical (unpaired) electrons. The Morgan fingerprint density at radius 2 is 1.56 bits per heavy atom. The van der Waals surface area contributed by atoms with Crippen molar-refractivity contribution >= 4 is 39.4 Å². The van der Waals surface area contributed by atoms with Crippen molar-refractivity contribution in [2.75, 3.05) is 12.4 Å². The Kier molecular flexibility index (Phi) is 9.74. The summed E-state index contributed by atoms with van der Waals surface area (Å²) in [5, 5.41) is 8.16. The number of benzene rings is 3. The fourth-order valence-corrected chi connectivity index (χ4v) is 5.74. The van der Waals surface area contributed by atoms with Crippen molar-refractivity contribution in [2.45, 2.75) is 86.6 Å². The molecule has 1 aromatic heterocycles. The minimum absolute atomic E-state index is 0.0882. The van der Waals surface area contributed by atoms with Crippen LogP contribution >= 0.6 is 0 Å². The van der Waals surface area contributed by atoms with E-state index in [1.54, 1.807) is 7.11 Å². The predicted molar refractivity (Wildman–Crippen MR) is 169 cm³/mol. The van der Waals surface area contributed by atoms with Crippen LogP contribution in [-0.2, 0) is 16.1 Å². The maximum absolute atomic E-state index is 12.5. The lowest BCUT2D eigenvalue weighted by atomic mass is 10.0. The first-order chi connectivity index (χ1) is 19.6. The first-order valence-electron chi connectivity index (χ1n) is 14.8. The molecule has 0 spiro atoms. The quantitative estimate of drug-likeness (QED) is 0.135. The zero-order valence-corrected chi connectivity index (χ0v) is 25.7. The molecule has 0 aliphatic heterocycles. The van der Waals surface area contributed by atoms with E-state index in [4.69, 9.17) is 4.74 Å². The minimum Gasteiger partial charge on any atom is -0.495 e. The Morgan fingerprint density at radius 1 is 0.878 bits per heavy atom. The smallest absolute Gasteiger partial charge is 0.310 e. The summed E-state index contributed by atoms with van der Waals surface area (Å²) < 4.78 is 9.30. The van der Waals surface area contributed by atoms with Gasteiger partial charge >= 0.3 is 5.75 Å². The molecule has 3 aromatic carbocycles. The van der Waals surface area contributed by atoms with Gasteiger partial charge < -0.3 is 19.4 Å². The molecule has 0 unspecified atom stereocenters. The average molecular weight is 558 g/mol. The fraction of sp³-hybridized carbons (Fsp3) is 0.429. The number of fused-ring (bicyclic) bond motifs is 3. The van der Waals surface area contributed by atoms with Gasteiger partial charge in [-0.15, -0.1) is 0 Å². The van der Waals surface area contributed by atoms with E-state index in [2.05, 4.69) is 61.4 Å². The summed E-state index contributed by atoms with van der Waals surface area (Å²) >= 11 is 0. The maximum Gasteiger partial charge on any atom is 0.310 e. The Bertz CT molecular complexity index is 1560. The van der Waals surface area contributed by atoms with Crippen LogP contribution in [0.1, 0.15) is 81.5 Å². The van der Waals surface area contributed by atoms with Crippen molar-refractivity contribution in [1.29, 1.82) is 0 Å². The number of carbonyl (C=O) groups is 2. The van der Waals surface area contributed by atoms with Gasteiger partial charge in [0, 0.05) is 42.8 Å². The molecular formula is C35H45N2O4+. The highest BCUT2D eigenvalue weighted by Gasteiger charge is 2.28. The van der Waals surface area contributed by atoms with Gasteiger partial charge in [0.05, 0.1) is 17.9 Å². The molecule has 0 fully saturated rings. The number of nitrogens with one attached hydrogen (secondary N) is 2. The summed E-state index contributed by atoms with van der Waals surface area (Å²) in [7, 11) is 1.67. The molecule has 2 amide bonds. The van der Waals surface area contributed by atoms with E-state index in [0.29, 0.717) is 18.7 Å². The van der Waals surface area contributed by atoms with Gasteiger partial charge in [-0.3, -0.25) is 9.59 Å². The first kappa shape index (κ1) is 30.2. The number of ether oxygens (including phenoxy) is 1. The number of unbranched alkanes of at least 4 members (excludes halogenated alkanes) is 3. The van der Waals surface area contributed by atoms with E-state index in [0.717, 1.165) is 68.8 Å². The van der Waals surface area contributed by atoms with Crippen molar-refractivity contribution in [2.24, 2.45) is 5.92 Å². The van der Waals surface area contributed by atoms with Crippen LogP contribution in [0.2, 0.25) is 0 Å². The second-order valence-corrected chi connectivity index (χ2v) is 11.7. The SMILES string of the molecule is COc1cc(CNC(=O)CCCCCCC(C)C)ccc1-[o+]1c2c(C)cc(C)cc2c2cc(NC(C)=O)cc(C)c21. The van der Waals surface area contributed by atoms with Gasteiger partial charge in [0.2, 0.25) is 17.6 Å². The Hall–Kier alpha value is -3.80. The maximum atomic E-state index is 12.5.